The van der Waals surface area contributed by atoms with Gasteiger partial charge in [-0.25, -0.2) is 0 Å². The van der Waals surface area contributed by atoms with Gasteiger partial charge in [-0.2, -0.15) is 0 Å². The monoisotopic (exact) mass is 337 g/mol. The summed E-state index contributed by atoms with van der Waals surface area (Å²) in [6, 6.07) is 14.2. The fraction of sp³-hybridized carbons (Fsp3) is 0.250. The zero-order valence-electron chi connectivity index (χ0n) is 11.1. The predicted octanol–water partition coefficient (Wildman–Crippen LogP) is 4.83. The number of hydrogen-bond acceptors (Lipinski definition) is 1. The van der Waals surface area contributed by atoms with Crippen molar-refractivity contribution in [1.29, 1.82) is 0 Å². The molecule has 0 saturated heterocycles. The van der Waals surface area contributed by atoms with Gasteiger partial charge in [0.05, 0.1) is 0 Å². The molecular weight excluding hydrogens is 322 g/mol. The minimum atomic E-state index is -0.427. The number of aryl methyl sites for hydroxylation is 1. The molecule has 100 valence electrons. The van der Waals surface area contributed by atoms with Crippen LogP contribution >= 0.6 is 27.5 Å². The van der Waals surface area contributed by atoms with Gasteiger partial charge in [0.15, 0.2) is 0 Å². The second kappa shape index (κ2) is 5.66. The highest BCUT2D eigenvalue weighted by atomic mass is 79.9. The second-order valence-electron chi connectivity index (χ2n) is 5.20. The fourth-order valence-corrected chi connectivity index (χ4v) is 2.90. The number of hydrogen-bond donors (Lipinski definition) is 1. The smallest absolute Gasteiger partial charge is 0.0450 e. The Balaban J connectivity index is 2.30. The third-order valence-electron chi connectivity index (χ3n) is 3.25. The van der Waals surface area contributed by atoms with E-state index in [2.05, 4.69) is 41.1 Å². The Morgan fingerprint density at radius 3 is 2.58 bits per heavy atom. The number of rotatable bonds is 3. The zero-order chi connectivity index (χ0) is 14.0. The second-order valence-corrected chi connectivity index (χ2v) is 6.52. The molecule has 0 radical (unpaired) electrons. The summed E-state index contributed by atoms with van der Waals surface area (Å²) >= 11 is 9.68. The van der Waals surface area contributed by atoms with Crippen molar-refractivity contribution in [2.45, 2.75) is 25.8 Å². The molecule has 2 aromatic rings. The lowest BCUT2D eigenvalue weighted by atomic mass is 9.86. The molecule has 1 nitrogen and oxygen atoms in total. The van der Waals surface area contributed by atoms with Crippen molar-refractivity contribution in [3.8, 4) is 0 Å². The first kappa shape index (κ1) is 14.6. The largest absolute Gasteiger partial charge is 0.321 e. The van der Waals surface area contributed by atoms with Crippen molar-refractivity contribution >= 4 is 27.5 Å². The quantitative estimate of drug-likeness (QED) is 0.852. The van der Waals surface area contributed by atoms with Crippen LogP contribution in [0.4, 0.5) is 0 Å². The molecule has 0 aromatic heterocycles. The molecule has 0 amide bonds. The van der Waals surface area contributed by atoms with E-state index in [1.54, 1.807) is 0 Å². The van der Waals surface area contributed by atoms with Crippen molar-refractivity contribution in [1.82, 2.24) is 0 Å². The summed E-state index contributed by atoms with van der Waals surface area (Å²) in [4.78, 5) is 0. The predicted molar refractivity (Wildman–Crippen MR) is 85.6 cm³/mol. The van der Waals surface area contributed by atoms with Crippen LogP contribution in [0.5, 0.6) is 0 Å². The molecule has 0 bridgehead atoms. The minimum absolute atomic E-state index is 0.427. The van der Waals surface area contributed by atoms with Crippen LogP contribution < -0.4 is 5.73 Å². The number of benzene rings is 2. The molecule has 1 unspecified atom stereocenters. The standard InChI is InChI=1S/C16H17BrClN/c1-11-4-3-5-13(8-11)16(2,19)10-12-6-7-14(17)9-15(12)18/h3-9H,10,19H2,1-2H3. The van der Waals surface area contributed by atoms with E-state index in [0.29, 0.717) is 6.42 Å². The van der Waals surface area contributed by atoms with Crippen LogP contribution in [0.25, 0.3) is 0 Å². The zero-order valence-corrected chi connectivity index (χ0v) is 13.4. The normalized spacial score (nSPS) is 14.2. The van der Waals surface area contributed by atoms with Gasteiger partial charge in [0, 0.05) is 15.0 Å². The Labute approximate surface area is 127 Å². The average Bonchev–Trinajstić information content (AvgIpc) is 2.33. The third kappa shape index (κ3) is 3.59. The molecule has 0 heterocycles. The highest BCUT2D eigenvalue weighted by Gasteiger charge is 2.22. The lowest BCUT2D eigenvalue weighted by molar-refractivity contribution is 0.491. The third-order valence-corrected chi connectivity index (χ3v) is 4.10. The molecule has 0 aliphatic rings. The summed E-state index contributed by atoms with van der Waals surface area (Å²) in [5, 5.41) is 0.749. The summed E-state index contributed by atoms with van der Waals surface area (Å²) < 4.78 is 0.982. The molecule has 19 heavy (non-hydrogen) atoms. The van der Waals surface area contributed by atoms with E-state index < -0.39 is 5.54 Å². The van der Waals surface area contributed by atoms with Crippen molar-refractivity contribution in [3.05, 3.63) is 68.7 Å². The molecule has 0 spiro atoms. The van der Waals surface area contributed by atoms with Crippen LogP contribution in [-0.2, 0) is 12.0 Å². The minimum Gasteiger partial charge on any atom is -0.321 e. The van der Waals surface area contributed by atoms with Gasteiger partial charge < -0.3 is 5.73 Å². The number of nitrogens with two attached hydrogens (primary N) is 1. The summed E-state index contributed by atoms with van der Waals surface area (Å²) in [7, 11) is 0. The molecule has 2 N–H and O–H groups in total. The Morgan fingerprint density at radius 1 is 1.21 bits per heavy atom. The van der Waals surface area contributed by atoms with Crippen molar-refractivity contribution in [2.75, 3.05) is 0 Å². The van der Waals surface area contributed by atoms with Crippen LogP contribution in [0.2, 0.25) is 5.02 Å². The Hall–Kier alpha value is -0.830. The van der Waals surface area contributed by atoms with E-state index in [1.807, 2.05) is 31.2 Å². The van der Waals surface area contributed by atoms with Gasteiger partial charge >= 0.3 is 0 Å². The molecule has 0 aliphatic heterocycles. The van der Waals surface area contributed by atoms with E-state index in [9.17, 15) is 0 Å². The average molecular weight is 339 g/mol. The van der Waals surface area contributed by atoms with Gasteiger partial charge in [-0.05, 0) is 43.5 Å². The lowest BCUT2D eigenvalue weighted by Gasteiger charge is -2.26. The molecule has 0 fully saturated rings. The van der Waals surface area contributed by atoms with Crippen LogP contribution in [0.15, 0.2) is 46.9 Å². The fourth-order valence-electron chi connectivity index (χ4n) is 2.16. The van der Waals surface area contributed by atoms with E-state index in [1.165, 1.54) is 5.56 Å². The van der Waals surface area contributed by atoms with Crippen molar-refractivity contribution in [3.63, 3.8) is 0 Å². The van der Waals surface area contributed by atoms with Gasteiger partial charge in [-0.1, -0.05) is 63.4 Å². The summed E-state index contributed by atoms with van der Waals surface area (Å²) in [6.45, 7) is 4.12. The summed E-state index contributed by atoms with van der Waals surface area (Å²) in [5.74, 6) is 0. The molecular formula is C16H17BrClN. The SMILES string of the molecule is Cc1cccc(C(C)(N)Cc2ccc(Br)cc2Cl)c1. The maximum absolute atomic E-state index is 6.48. The van der Waals surface area contributed by atoms with Crippen LogP contribution in [0, 0.1) is 6.92 Å². The van der Waals surface area contributed by atoms with E-state index in [0.717, 1.165) is 20.6 Å². The molecule has 2 rings (SSSR count). The van der Waals surface area contributed by atoms with Crippen molar-refractivity contribution in [2.24, 2.45) is 5.73 Å². The highest BCUT2D eigenvalue weighted by molar-refractivity contribution is 9.10. The lowest BCUT2D eigenvalue weighted by Crippen LogP contribution is -2.35. The van der Waals surface area contributed by atoms with Gasteiger partial charge in [0.1, 0.15) is 0 Å². The topological polar surface area (TPSA) is 26.0 Å². The van der Waals surface area contributed by atoms with Gasteiger partial charge in [0.2, 0.25) is 0 Å². The molecule has 0 aliphatic carbocycles. The van der Waals surface area contributed by atoms with Crippen LogP contribution in [0.3, 0.4) is 0 Å². The summed E-state index contributed by atoms with van der Waals surface area (Å²) in [6.07, 6.45) is 0.711. The Bertz CT molecular complexity index is 593. The Kier molecular flexibility index (Phi) is 4.34. The Morgan fingerprint density at radius 2 is 1.95 bits per heavy atom. The first-order valence-electron chi connectivity index (χ1n) is 6.18. The van der Waals surface area contributed by atoms with Gasteiger partial charge in [-0.15, -0.1) is 0 Å². The summed E-state index contributed by atoms with van der Waals surface area (Å²) in [5.41, 5.74) is 9.46. The molecule has 2 aromatic carbocycles. The maximum Gasteiger partial charge on any atom is 0.0450 e. The van der Waals surface area contributed by atoms with Crippen LogP contribution in [-0.4, -0.2) is 0 Å². The van der Waals surface area contributed by atoms with Crippen molar-refractivity contribution < 1.29 is 0 Å². The first-order chi connectivity index (χ1) is 8.88. The molecule has 0 saturated carbocycles. The molecule has 1 atom stereocenters. The first-order valence-corrected chi connectivity index (χ1v) is 7.35. The highest BCUT2D eigenvalue weighted by Crippen LogP contribution is 2.28. The number of halogens is 2. The van der Waals surface area contributed by atoms with Gasteiger partial charge in [-0.3, -0.25) is 0 Å². The van der Waals surface area contributed by atoms with E-state index in [4.69, 9.17) is 17.3 Å². The van der Waals surface area contributed by atoms with Gasteiger partial charge in [0.25, 0.3) is 0 Å². The van der Waals surface area contributed by atoms with E-state index in [-0.39, 0.29) is 0 Å². The van der Waals surface area contributed by atoms with Crippen LogP contribution in [0.1, 0.15) is 23.6 Å². The maximum atomic E-state index is 6.48. The molecule has 3 heteroatoms. The van der Waals surface area contributed by atoms with E-state index >= 15 is 0 Å².